The van der Waals surface area contributed by atoms with Crippen LogP contribution in [-0.2, 0) is 4.79 Å². The van der Waals surface area contributed by atoms with Gasteiger partial charge in [-0.1, -0.05) is 29.3 Å². The monoisotopic (exact) mass is 329 g/mol. The van der Waals surface area contributed by atoms with Crippen LogP contribution in [0.25, 0.3) is 0 Å². The van der Waals surface area contributed by atoms with Crippen molar-refractivity contribution in [2.45, 2.75) is 45.7 Å². The van der Waals surface area contributed by atoms with E-state index in [-0.39, 0.29) is 12.1 Å². The minimum Gasteiger partial charge on any atom is -0.480 e. The van der Waals surface area contributed by atoms with Gasteiger partial charge in [0.15, 0.2) is 0 Å². The van der Waals surface area contributed by atoms with E-state index in [4.69, 9.17) is 0 Å². The van der Waals surface area contributed by atoms with Crippen molar-refractivity contribution in [1.29, 1.82) is 0 Å². The molecular weight excluding hydrogens is 306 g/mol. The number of hydrogen-bond donors (Lipinski definition) is 1. The molecule has 1 fully saturated rings. The number of aliphatic carboxylic acids is 1. The summed E-state index contributed by atoms with van der Waals surface area (Å²) in [5.41, 5.74) is 3.66. The summed E-state index contributed by atoms with van der Waals surface area (Å²) in [5, 5.41) is 9.60. The summed E-state index contributed by atoms with van der Waals surface area (Å²) in [5.74, 6) is -0.704. The second kappa shape index (κ2) is 6.46. The number of aryl methyl sites for hydroxylation is 3. The van der Waals surface area contributed by atoms with E-state index < -0.39 is 5.97 Å². The molecule has 1 N–H and O–H groups in total. The van der Waals surface area contributed by atoms with Crippen LogP contribution < -0.4 is 0 Å². The van der Waals surface area contributed by atoms with E-state index in [2.05, 4.69) is 56.0 Å². The zero-order valence-electron chi connectivity index (χ0n) is 13.9. The zero-order chi connectivity index (χ0) is 16.6. The molecule has 1 aliphatic rings. The van der Waals surface area contributed by atoms with E-state index in [1.54, 1.807) is 11.3 Å². The van der Waals surface area contributed by atoms with Gasteiger partial charge in [0.25, 0.3) is 0 Å². The molecule has 3 rings (SSSR count). The van der Waals surface area contributed by atoms with Crippen molar-refractivity contribution >= 4 is 17.3 Å². The van der Waals surface area contributed by atoms with Crippen molar-refractivity contribution in [3.63, 3.8) is 0 Å². The summed E-state index contributed by atoms with van der Waals surface area (Å²) in [6.45, 7) is 7.15. The molecule has 3 nitrogen and oxygen atoms in total. The number of thiophene rings is 1. The molecule has 2 aromatic rings. The van der Waals surface area contributed by atoms with Crippen molar-refractivity contribution in [2.75, 3.05) is 6.54 Å². The third kappa shape index (κ3) is 3.33. The topological polar surface area (TPSA) is 40.5 Å². The van der Waals surface area contributed by atoms with Crippen molar-refractivity contribution in [3.8, 4) is 0 Å². The SMILES string of the molecule is Cc1cc(C)cc(C(c2ccc(C)s2)N2CCCC2C(=O)O)c1. The summed E-state index contributed by atoms with van der Waals surface area (Å²) in [4.78, 5) is 16.3. The molecule has 2 atom stereocenters. The van der Waals surface area contributed by atoms with Gasteiger partial charge in [0.05, 0.1) is 6.04 Å². The molecule has 0 saturated carbocycles. The van der Waals surface area contributed by atoms with E-state index in [1.807, 2.05) is 0 Å². The maximum atomic E-state index is 11.7. The highest BCUT2D eigenvalue weighted by molar-refractivity contribution is 7.12. The van der Waals surface area contributed by atoms with Crippen molar-refractivity contribution in [2.24, 2.45) is 0 Å². The van der Waals surface area contributed by atoms with Crippen LogP contribution >= 0.6 is 11.3 Å². The molecule has 0 radical (unpaired) electrons. The summed E-state index contributed by atoms with van der Waals surface area (Å²) >= 11 is 1.77. The molecule has 122 valence electrons. The van der Waals surface area contributed by atoms with Crippen LogP contribution in [0.3, 0.4) is 0 Å². The maximum Gasteiger partial charge on any atom is 0.320 e. The molecular formula is C19H23NO2S. The first-order valence-electron chi connectivity index (χ1n) is 8.09. The molecule has 1 saturated heterocycles. The van der Waals surface area contributed by atoms with Crippen LogP contribution in [0.1, 0.15) is 45.3 Å². The first-order chi connectivity index (χ1) is 11.0. The number of carbonyl (C=O) groups is 1. The van der Waals surface area contributed by atoms with Gasteiger partial charge in [0.1, 0.15) is 6.04 Å². The quantitative estimate of drug-likeness (QED) is 0.908. The lowest BCUT2D eigenvalue weighted by molar-refractivity contribution is -0.142. The van der Waals surface area contributed by atoms with E-state index in [9.17, 15) is 9.90 Å². The third-order valence-corrected chi connectivity index (χ3v) is 5.55. The normalized spacial score (nSPS) is 19.9. The summed E-state index contributed by atoms with van der Waals surface area (Å²) in [7, 11) is 0. The molecule has 0 amide bonds. The Morgan fingerprint density at radius 2 is 1.91 bits per heavy atom. The fourth-order valence-electron chi connectivity index (χ4n) is 3.65. The molecule has 4 heteroatoms. The Bertz CT molecular complexity index is 702. The summed E-state index contributed by atoms with van der Waals surface area (Å²) < 4.78 is 0. The van der Waals surface area contributed by atoms with Gasteiger partial charge in [0, 0.05) is 16.3 Å². The van der Waals surface area contributed by atoms with Crippen LogP contribution in [0.5, 0.6) is 0 Å². The molecule has 1 aliphatic heterocycles. The number of likely N-dealkylation sites (tertiary alicyclic amines) is 1. The van der Waals surface area contributed by atoms with Crippen molar-refractivity contribution in [3.05, 3.63) is 56.8 Å². The van der Waals surface area contributed by atoms with Gasteiger partial charge >= 0.3 is 5.97 Å². The Kier molecular flexibility index (Phi) is 4.55. The van der Waals surface area contributed by atoms with Gasteiger partial charge in [-0.05, 0) is 51.3 Å². The second-order valence-corrected chi connectivity index (χ2v) is 7.83. The minimum atomic E-state index is -0.704. The second-order valence-electron chi connectivity index (χ2n) is 6.51. The maximum absolute atomic E-state index is 11.7. The van der Waals surface area contributed by atoms with Gasteiger partial charge in [-0.2, -0.15) is 0 Å². The lowest BCUT2D eigenvalue weighted by Gasteiger charge is -2.31. The third-order valence-electron chi connectivity index (χ3n) is 4.50. The van der Waals surface area contributed by atoms with Gasteiger partial charge in [-0.25, -0.2) is 0 Å². The minimum absolute atomic E-state index is 0.0379. The van der Waals surface area contributed by atoms with Crippen molar-refractivity contribution in [1.82, 2.24) is 4.90 Å². The highest BCUT2D eigenvalue weighted by Crippen LogP contribution is 2.38. The predicted molar refractivity (Wildman–Crippen MR) is 94.2 cm³/mol. The molecule has 2 heterocycles. The Morgan fingerprint density at radius 3 is 2.48 bits per heavy atom. The van der Waals surface area contributed by atoms with Gasteiger partial charge < -0.3 is 5.11 Å². The first kappa shape index (κ1) is 16.2. The number of carboxylic acid groups (broad SMARTS) is 1. The molecule has 0 aliphatic carbocycles. The lowest BCUT2D eigenvalue weighted by Crippen LogP contribution is -2.39. The van der Waals surface area contributed by atoms with E-state index in [0.717, 1.165) is 19.4 Å². The fourth-order valence-corrected chi connectivity index (χ4v) is 4.68. The molecule has 23 heavy (non-hydrogen) atoms. The lowest BCUT2D eigenvalue weighted by atomic mass is 9.98. The average molecular weight is 329 g/mol. The smallest absolute Gasteiger partial charge is 0.320 e. The highest BCUT2D eigenvalue weighted by Gasteiger charge is 2.37. The molecule has 0 spiro atoms. The largest absolute Gasteiger partial charge is 0.480 e. The fraction of sp³-hybridized carbons (Fsp3) is 0.421. The number of rotatable bonds is 4. The molecule has 1 aromatic carbocycles. The zero-order valence-corrected chi connectivity index (χ0v) is 14.7. The van der Waals surface area contributed by atoms with Crippen LogP contribution in [-0.4, -0.2) is 28.6 Å². The molecule has 2 unspecified atom stereocenters. The van der Waals surface area contributed by atoms with Crippen LogP contribution in [0.4, 0.5) is 0 Å². The van der Waals surface area contributed by atoms with E-state index in [0.29, 0.717) is 0 Å². The molecule has 1 aromatic heterocycles. The Morgan fingerprint density at radius 1 is 1.22 bits per heavy atom. The Labute approximate surface area is 141 Å². The number of carboxylic acids is 1. The predicted octanol–water partition coefficient (Wildman–Crippen LogP) is 4.31. The van der Waals surface area contributed by atoms with E-state index >= 15 is 0 Å². The number of hydrogen-bond acceptors (Lipinski definition) is 3. The van der Waals surface area contributed by atoms with Crippen molar-refractivity contribution < 1.29 is 9.90 Å². The van der Waals surface area contributed by atoms with Crippen LogP contribution in [0.2, 0.25) is 0 Å². The van der Waals surface area contributed by atoms with Gasteiger partial charge in [-0.3, -0.25) is 9.69 Å². The average Bonchev–Trinajstić information content (AvgIpc) is 3.08. The first-order valence-corrected chi connectivity index (χ1v) is 8.90. The summed E-state index contributed by atoms with van der Waals surface area (Å²) in [6, 6.07) is 10.5. The number of benzene rings is 1. The summed E-state index contributed by atoms with van der Waals surface area (Å²) in [6.07, 6.45) is 1.68. The van der Waals surface area contributed by atoms with E-state index in [1.165, 1.54) is 26.4 Å². The van der Waals surface area contributed by atoms with Gasteiger partial charge in [-0.15, -0.1) is 11.3 Å². The standard InChI is InChI=1S/C19H23NO2S/c1-12-9-13(2)11-15(10-12)18(17-7-6-14(3)23-17)20-8-4-5-16(20)19(21)22/h6-7,9-11,16,18H,4-5,8H2,1-3H3,(H,21,22). The van der Waals surface area contributed by atoms with Crippen LogP contribution in [0, 0.1) is 20.8 Å². The Hall–Kier alpha value is -1.65. The highest BCUT2D eigenvalue weighted by atomic mass is 32.1. The molecule has 0 bridgehead atoms. The number of nitrogens with zero attached hydrogens (tertiary/aromatic N) is 1. The van der Waals surface area contributed by atoms with Gasteiger partial charge in [0.2, 0.25) is 0 Å². The Balaban J connectivity index is 2.08. The van der Waals surface area contributed by atoms with Crippen LogP contribution in [0.15, 0.2) is 30.3 Å².